The molecule has 0 spiro atoms. The van der Waals surface area contributed by atoms with Gasteiger partial charge in [0.25, 0.3) is 0 Å². The van der Waals surface area contributed by atoms with Crippen molar-refractivity contribution in [2.45, 2.75) is 26.0 Å². The van der Waals surface area contributed by atoms with E-state index in [0.29, 0.717) is 0 Å². The van der Waals surface area contributed by atoms with Crippen LogP contribution in [0.3, 0.4) is 0 Å². The molecule has 2 aromatic rings. The molecule has 3 rings (SSSR count). The fourth-order valence-corrected chi connectivity index (χ4v) is 2.68. The quantitative estimate of drug-likeness (QED) is 0.848. The number of rotatable bonds is 3. The Kier molecular flexibility index (Phi) is 3.53. The Morgan fingerprint density at radius 3 is 3.11 bits per heavy atom. The molecule has 0 saturated carbocycles. The number of benzene rings is 1. The molecule has 0 aliphatic carbocycles. The molecule has 1 unspecified atom stereocenters. The Hall–Kier alpha value is -1.39. The molecule has 0 N–H and O–H groups in total. The first-order chi connectivity index (χ1) is 9.29. The molecule has 1 aromatic heterocycles. The first-order valence-electron chi connectivity index (χ1n) is 7.05. The second-order valence-electron chi connectivity index (χ2n) is 5.19. The van der Waals surface area contributed by atoms with Gasteiger partial charge in [0.05, 0.1) is 11.2 Å². The van der Waals surface area contributed by atoms with Gasteiger partial charge in [-0.3, -0.25) is 4.68 Å². The maximum Gasteiger partial charge on any atom is 0.112 e. The zero-order valence-electron chi connectivity index (χ0n) is 11.7. The van der Waals surface area contributed by atoms with Gasteiger partial charge in [-0.05, 0) is 26.1 Å². The van der Waals surface area contributed by atoms with Crippen LogP contribution in [0.1, 0.15) is 25.1 Å². The molecule has 0 saturated heterocycles. The monoisotopic (exact) mass is 259 g/mol. The fourth-order valence-electron chi connectivity index (χ4n) is 2.68. The van der Waals surface area contributed by atoms with Crippen LogP contribution in [-0.2, 0) is 11.3 Å². The maximum absolute atomic E-state index is 6.07. The van der Waals surface area contributed by atoms with Gasteiger partial charge < -0.3 is 9.64 Å². The highest BCUT2D eigenvalue weighted by Crippen LogP contribution is 2.29. The summed E-state index contributed by atoms with van der Waals surface area (Å²) < 4.78 is 8.21. The van der Waals surface area contributed by atoms with Crippen LogP contribution in [0.15, 0.2) is 24.3 Å². The minimum Gasteiger partial charge on any atom is -0.370 e. The Morgan fingerprint density at radius 2 is 2.26 bits per heavy atom. The Balaban J connectivity index is 2.04. The summed E-state index contributed by atoms with van der Waals surface area (Å²) in [5, 5.41) is 5.95. The average molecular weight is 259 g/mol. The van der Waals surface area contributed by atoms with E-state index in [-0.39, 0.29) is 6.10 Å². The van der Waals surface area contributed by atoms with Crippen molar-refractivity contribution in [2.24, 2.45) is 0 Å². The molecule has 0 radical (unpaired) electrons. The van der Waals surface area contributed by atoms with Gasteiger partial charge in [-0.25, -0.2) is 0 Å². The molecule has 2 heterocycles. The highest BCUT2D eigenvalue weighted by atomic mass is 16.5. The van der Waals surface area contributed by atoms with Crippen LogP contribution >= 0.6 is 0 Å². The van der Waals surface area contributed by atoms with E-state index in [1.54, 1.807) is 0 Å². The topological polar surface area (TPSA) is 30.3 Å². The van der Waals surface area contributed by atoms with Crippen LogP contribution in [0.2, 0.25) is 0 Å². The van der Waals surface area contributed by atoms with E-state index < -0.39 is 0 Å². The third kappa shape index (κ3) is 2.38. The second-order valence-corrected chi connectivity index (χ2v) is 5.19. The molecule has 19 heavy (non-hydrogen) atoms. The number of fused-ring (bicyclic) bond motifs is 3. The van der Waals surface area contributed by atoms with Crippen LogP contribution in [0.5, 0.6) is 0 Å². The third-order valence-electron chi connectivity index (χ3n) is 3.84. The largest absolute Gasteiger partial charge is 0.370 e. The van der Waals surface area contributed by atoms with Crippen LogP contribution in [0, 0.1) is 0 Å². The van der Waals surface area contributed by atoms with Gasteiger partial charge in [-0.2, -0.15) is 5.10 Å². The van der Waals surface area contributed by atoms with Gasteiger partial charge in [0.1, 0.15) is 6.10 Å². The van der Waals surface area contributed by atoms with E-state index in [1.807, 2.05) is 6.07 Å². The lowest BCUT2D eigenvalue weighted by Gasteiger charge is -2.22. The number of ether oxygens (including phenoxy) is 1. The van der Waals surface area contributed by atoms with Gasteiger partial charge in [-0.1, -0.05) is 25.1 Å². The molecule has 1 aliphatic heterocycles. The number of nitrogens with zero attached hydrogens (tertiary/aromatic N) is 3. The summed E-state index contributed by atoms with van der Waals surface area (Å²) in [4.78, 5) is 2.29. The first-order valence-corrected chi connectivity index (χ1v) is 7.05. The number of likely N-dealkylation sites (N-methyl/N-ethyl adjacent to an activating group) is 1. The third-order valence-corrected chi connectivity index (χ3v) is 3.84. The van der Waals surface area contributed by atoms with Crippen molar-refractivity contribution in [3.05, 3.63) is 30.0 Å². The molecule has 1 aromatic carbocycles. The van der Waals surface area contributed by atoms with Crippen molar-refractivity contribution >= 4 is 10.9 Å². The maximum atomic E-state index is 6.07. The van der Waals surface area contributed by atoms with E-state index in [2.05, 4.69) is 41.8 Å². The lowest BCUT2D eigenvalue weighted by molar-refractivity contribution is 0.0348. The van der Waals surface area contributed by atoms with Crippen molar-refractivity contribution in [1.29, 1.82) is 0 Å². The number of aromatic nitrogens is 2. The van der Waals surface area contributed by atoms with Crippen molar-refractivity contribution in [1.82, 2.24) is 14.7 Å². The van der Waals surface area contributed by atoms with Crippen molar-refractivity contribution in [3.63, 3.8) is 0 Å². The Labute approximate surface area is 114 Å². The van der Waals surface area contributed by atoms with Crippen LogP contribution in [-0.4, -0.2) is 41.4 Å². The van der Waals surface area contributed by atoms with Gasteiger partial charge in [0.15, 0.2) is 0 Å². The van der Waals surface area contributed by atoms with E-state index >= 15 is 0 Å². The van der Waals surface area contributed by atoms with E-state index in [1.165, 1.54) is 11.1 Å². The van der Waals surface area contributed by atoms with E-state index in [0.717, 1.165) is 38.2 Å². The zero-order valence-corrected chi connectivity index (χ0v) is 11.7. The van der Waals surface area contributed by atoms with E-state index in [4.69, 9.17) is 9.84 Å². The lowest BCUT2D eigenvalue weighted by atomic mass is 10.1. The van der Waals surface area contributed by atoms with Gasteiger partial charge in [0.2, 0.25) is 0 Å². The summed E-state index contributed by atoms with van der Waals surface area (Å²) in [6.45, 7) is 5.90. The van der Waals surface area contributed by atoms with E-state index in [9.17, 15) is 0 Å². The minimum absolute atomic E-state index is 0.125. The SMILES string of the molecule is CCN(C)CC1OCCCn2nc3ccccc3c21. The molecular weight excluding hydrogens is 238 g/mol. The highest BCUT2D eigenvalue weighted by molar-refractivity contribution is 5.81. The molecule has 4 heteroatoms. The van der Waals surface area contributed by atoms with Gasteiger partial charge in [-0.15, -0.1) is 0 Å². The predicted molar refractivity (Wildman–Crippen MR) is 76.2 cm³/mol. The summed E-state index contributed by atoms with van der Waals surface area (Å²) in [6, 6.07) is 8.36. The number of hydrogen-bond acceptors (Lipinski definition) is 3. The van der Waals surface area contributed by atoms with Crippen molar-refractivity contribution in [2.75, 3.05) is 26.7 Å². The molecular formula is C15H21N3O. The normalized spacial score (nSPS) is 19.6. The molecule has 0 amide bonds. The first kappa shape index (κ1) is 12.6. The molecule has 0 bridgehead atoms. The lowest BCUT2D eigenvalue weighted by Crippen LogP contribution is -2.26. The number of hydrogen-bond donors (Lipinski definition) is 0. The minimum atomic E-state index is 0.125. The summed E-state index contributed by atoms with van der Waals surface area (Å²) in [5.41, 5.74) is 2.32. The standard InChI is InChI=1S/C15H21N3O/c1-3-17(2)11-14-15-12-7-4-5-8-13(12)16-18(15)9-6-10-19-14/h4-5,7-8,14H,3,6,9-11H2,1-2H3. The smallest absolute Gasteiger partial charge is 0.112 e. The average Bonchev–Trinajstić information content (AvgIpc) is 2.69. The summed E-state index contributed by atoms with van der Waals surface area (Å²) in [5.74, 6) is 0. The number of aryl methyl sites for hydroxylation is 1. The van der Waals surface area contributed by atoms with Crippen molar-refractivity contribution < 1.29 is 4.74 Å². The predicted octanol–water partition coefficient (Wildman–Crippen LogP) is 2.45. The zero-order chi connectivity index (χ0) is 13.2. The summed E-state index contributed by atoms with van der Waals surface area (Å²) >= 11 is 0. The highest BCUT2D eigenvalue weighted by Gasteiger charge is 2.24. The van der Waals surface area contributed by atoms with Gasteiger partial charge in [0, 0.05) is 25.1 Å². The summed E-state index contributed by atoms with van der Waals surface area (Å²) in [6.07, 6.45) is 1.16. The molecule has 0 fully saturated rings. The molecule has 1 aliphatic rings. The Morgan fingerprint density at radius 1 is 1.42 bits per heavy atom. The summed E-state index contributed by atoms with van der Waals surface area (Å²) in [7, 11) is 2.14. The molecule has 1 atom stereocenters. The van der Waals surface area contributed by atoms with Crippen LogP contribution in [0.25, 0.3) is 10.9 Å². The van der Waals surface area contributed by atoms with Gasteiger partial charge >= 0.3 is 0 Å². The second kappa shape index (κ2) is 5.31. The van der Waals surface area contributed by atoms with Crippen LogP contribution in [0.4, 0.5) is 0 Å². The molecule has 102 valence electrons. The Bertz CT molecular complexity index is 564. The molecule has 4 nitrogen and oxygen atoms in total. The van der Waals surface area contributed by atoms with Crippen molar-refractivity contribution in [3.8, 4) is 0 Å². The van der Waals surface area contributed by atoms with Crippen LogP contribution < -0.4 is 0 Å². The fraction of sp³-hybridized carbons (Fsp3) is 0.533.